The molecule has 1 fully saturated rings. The molecule has 0 aliphatic carbocycles. The summed E-state index contributed by atoms with van der Waals surface area (Å²) in [4.78, 5) is 139. The molecule has 0 radical (unpaired) electrons. The molecule has 2 rings (SSSR count). The van der Waals surface area contributed by atoms with E-state index in [2.05, 4.69) is 43.5 Å². The number of hydrogen-bond acceptors (Lipinski definition) is 12. The first-order valence-corrected chi connectivity index (χ1v) is 25.0. The summed E-state index contributed by atoms with van der Waals surface area (Å²) in [5, 5.41) is 35.7. The molecule has 23 heteroatoms. The van der Waals surface area contributed by atoms with Gasteiger partial charge in [-0.05, 0) is 57.4 Å². The molecule has 7 amide bonds. The van der Waals surface area contributed by atoms with Gasteiger partial charge in [-0.1, -0.05) is 102 Å². The van der Waals surface area contributed by atoms with Crippen LogP contribution in [0.1, 0.15) is 106 Å². The van der Waals surface area contributed by atoms with Crippen LogP contribution in [0.25, 0.3) is 0 Å². The number of carbonyl (C=O) groups excluding carboxylic acids is 8. The second-order valence-corrected chi connectivity index (χ2v) is 19.1. The van der Waals surface area contributed by atoms with Crippen LogP contribution in [0.5, 0.6) is 0 Å². The van der Waals surface area contributed by atoms with E-state index in [0.29, 0.717) is 24.8 Å². The predicted octanol–water partition coefficient (Wildman–Crippen LogP) is 1.32. The van der Waals surface area contributed by atoms with Crippen molar-refractivity contribution in [1.82, 2.24) is 36.8 Å². The number of nitrogens with zero attached hydrogens (tertiary/aromatic N) is 2. The Morgan fingerprint density at radius 2 is 1.44 bits per heavy atom. The Balaban J connectivity index is 2.77. The zero-order valence-corrected chi connectivity index (χ0v) is 44.5. The first-order chi connectivity index (χ1) is 35.2. The van der Waals surface area contributed by atoms with E-state index in [-0.39, 0.29) is 43.6 Å². The van der Waals surface area contributed by atoms with Crippen molar-refractivity contribution in [3.05, 3.63) is 72.0 Å². The molecule has 11 atom stereocenters. The summed E-state index contributed by atoms with van der Waals surface area (Å²) in [6.07, 6.45) is 4.87. The number of hydrogen-bond donors (Lipinski definition) is 10. The molecule has 0 aromatic heterocycles. The van der Waals surface area contributed by atoms with Crippen molar-refractivity contribution in [2.45, 2.75) is 149 Å². The zero-order chi connectivity index (χ0) is 56.7. The van der Waals surface area contributed by atoms with Gasteiger partial charge in [0.05, 0.1) is 17.9 Å². The van der Waals surface area contributed by atoms with E-state index in [0.717, 1.165) is 10.5 Å². The average Bonchev–Trinajstić information content (AvgIpc) is 3.35. The molecule has 0 saturated carbocycles. The van der Waals surface area contributed by atoms with Crippen molar-refractivity contribution in [3.8, 4) is 0 Å². The summed E-state index contributed by atoms with van der Waals surface area (Å²) in [7, 11) is 1.21. The lowest BCUT2D eigenvalue weighted by molar-refractivity contribution is -0.148. The number of carboxylic acid groups (broad SMARTS) is 2. The number of amides is 7. The van der Waals surface area contributed by atoms with Crippen LogP contribution in [0, 0.1) is 23.7 Å². The molecule has 1 aromatic rings. The number of nitrogens with one attached hydrogen (secondary N) is 6. The van der Waals surface area contributed by atoms with Crippen molar-refractivity contribution in [3.63, 3.8) is 0 Å². The van der Waals surface area contributed by atoms with Crippen LogP contribution in [0.15, 0.2) is 71.4 Å². The largest absolute Gasteiger partial charge is 0.480 e. The number of nitrogens with two attached hydrogens (primary N) is 2. The Bertz CT molecular complexity index is 2300. The Morgan fingerprint density at radius 3 is 2.03 bits per heavy atom. The molecule has 0 bridgehead atoms. The van der Waals surface area contributed by atoms with Crippen molar-refractivity contribution in [2.75, 3.05) is 13.6 Å². The number of esters is 1. The van der Waals surface area contributed by atoms with Gasteiger partial charge in [0.15, 0.2) is 5.96 Å². The lowest BCUT2D eigenvalue weighted by atomic mass is 9.94. The fourth-order valence-corrected chi connectivity index (χ4v) is 7.78. The number of allylic oxidation sites excluding steroid dienone is 2. The quantitative estimate of drug-likeness (QED) is 0.0263. The van der Waals surface area contributed by atoms with E-state index in [1.165, 1.54) is 40.8 Å². The second-order valence-electron chi connectivity index (χ2n) is 19.1. The van der Waals surface area contributed by atoms with Crippen molar-refractivity contribution >= 4 is 65.2 Å². The van der Waals surface area contributed by atoms with E-state index in [1.807, 2.05) is 50.3 Å². The molecule has 23 nitrogen and oxygen atoms in total. The van der Waals surface area contributed by atoms with Gasteiger partial charge in [-0.15, -0.1) is 0 Å². The van der Waals surface area contributed by atoms with Crippen LogP contribution in [0.4, 0.5) is 0 Å². The number of aliphatic imine (C=N–C) groups is 1. The van der Waals surface area contributed by atoms with E-state index in [1.54, 1.807) is 19.9 Å². The Hall–Kier alpha value is -7.59. The number of likely N-dealkylation sites (N-methyl/N-ethyl adjacent to an activating group) is 1. The number of carboxylic acids is 2. The fraction of sp³-hybridized carbons (Fsp3) is 0.558. The topological polar surface area (TPSA) is 360 Å². The van der Waals surface area contributed by atoms with Gasteiger partial charge < -0.3 is 63.2 Å². The van der Waals surface area contributed by atoms with E-state index in [4.69, 9.17) is 16.2 Å². The van der Waals surface area contributed by atoms with Gasteiger partial charge in [0.25, 0.3) is 5.91 Å². The average molecular weight is 1050 g/mol. The van der Waals surface area contributed by atoms with Crippen LogP contribution in [-0.4, -0.2) is 136 Å². The molecule has 1 saturated heterocycles. The summed E-state index contributed by atoms with van der Waals surface area (Å²) in [5.41, 5.74) is 12.1. The summed E-state index contributed by atoms with van der Waals surface area (Å²) in [6, 6.07) is 0.537. The maximum absolute atomic E-state index is 14.5. The first-order valence-electron chi connectivity index (χ1n) is 25.0. The van der Waals surface area contributed by atoms with Crippen LogP contribution in [-0.2, 0) is 59.1 Å². The van der Waals surface area contributed by atoms with Gasteiger partial charge in [0.2, 0.25) is 35.4 Å². The highest BCUT2D eigenvalue weighted by Gasteiger charge is 2.37. The number of unbranched alkanes of at least 4 members (excludes halogenated alkanes) is 1. The maximum atomic E-state index is 14.5. The highest BCUT2D eigenvalue weighted by atomic mass is 16.5. The minimum absolute atomic E-state index is 0.0217. The van der Waals surface area contributed by atoms with Crippen LogP contribution < -0.4 is 43.4 Å². The number of carbonyl (C=O) groups is 10. The summed E-state index contributed by atoms with van der Waals surface area (Å²) in [5.74, 6) is -13.3. The molecule has 12 N–H and O–H groups in total. The lowest BCUT2D eigenvalue weighted by Crippen LogP contribution is -2.59. The molecule has 1 aliphatic heterocycles. The third-order valence-electron chi connectivity index (χ3n) is 12.9. The molecule has 75 heavy (non-hydrogen) atoms. The van der Waals surface area contributed by atoms with Crippen LogP contribution in [0.2, 0.25) is 0 Å². The molecule has 1 aromatic carbocycles. The number of benzene rings is 1. The molecule has 414 valence electrons. The third-order valence-corrected chi connectivity index (χ3v) is 12.9. The SMILES string of the molecule is C=C1C(=O)NC(C)C(=O)NC(CC(C)CC)C(=O)NC(C(=O)O)C(C)C(=O)NC(CCCCN=C(N)N)C(=O)NC(C=CC(C)=CC(C)C(Cc2ccccc2)OC(C)=O)C(C)C(=O)NC(C(=O)O)CCC(=O)N1C. The summed E-state index contributed by atoms with van der Waals surface area (Å²) >= 11 is 0. The molecular weight excluding hydrogens is 973 g/mol. The number of aliphatic carboxylic acids is 2. The molecule has 0 spiro atoms. The monoisotopic (exact) mass is 1050 g/mol. The lowest BCUT2D eigenvalue weighted by Gasteiger charge is -2.29. The number of guanidine groups is 1. The minimum Gasteiger partial charge on any atom is -0.480 e. The first kappa shape index (κ1) is 63.5. The van der Waals surface area contributed by atoms with Crippen molar-refractivity contribution in [1.29, 1.82) is 0 Å². The van der Waals surface area contributed by atoms with Gasteiger partial charge in [0, 0.05) is 39.3 Å². The van der Waals surface area contributed by atoms with Gasteiger partial charge in [-0.25, -0.2) is 9.59 Å². The Kier molecular flexibility index (Phi) is 26.4. The van der Waals surface area contributed by atoms with Crippen LogP contribution in [0.3, 0.4) is 0 Å². The standard InChI is InChI=1S/C52H78N10O13/c1-11-28(2)26-40-49(70)61-43(51(73)74)32(6)45(66)58-38(19-15-16-24-55-52(53)54)48(69)57-37(21-20-29(3)25-30(4)41(75-35(9)63)27-36-17-13-12-14-18-36)31(5)44(65)59-39(50(71)72)22-23-42(64)62(10)34(8)47(68)56-33(7)46(67)60-40/h12-14,17-18,20-21,25,28,30-33,37-41,43H,8,11,15-16,19,22-24,26-27H2,1-7,9-10H3,(H,56,68)(H,57,69)(H,58,66)(H,59,65)(H,60,67)(H,61,70)(H,71,72)(H,73,74)(H4,53,54,55). The van der Waals surface area contributed by atoms with E-state index < -0.39 is 132 Å². The van der Waals surface area contributed by atoms with Gasteiger partial charge in [0.1, 0.15) is 42.0 Å². The third kappa shape index (κ3) is 21.8. The molecular formula is C52H78N10O13. The summed E-state index contributed by atoms with van der Waals surface area (Å²) < 4.78 is 5.69. The Labute approximate surface area is 438 Å². The van der Waals surface area contributed by atoms with E-state index >= 15 is 0 Å². The number of rotatable bonds is 17. The second kappa shape index (κ2) is 31.2. The van der Waals surface area contributed by atoms with Crippen LogP contribution >= 0.6 is 0 Å². The van der Waals surface area contributed by atoms with Gasteiger partial charge in [-0.3, -0.25) is 43.3 Å². The Morgan fingerprint density at radius 1 is 0.827 bits per heavy atom. The van der Waals surface area contributed by atoms with Crippen molar-refractivity contribution < 1.29 is 62.9 Å². The molecule has 1 aliphatic rings. The highest BCUT2D eigenvalue weighted by molar-refractivity contribution is 6.00. The minimum atomic E-state index is -1.89. The van der Waals surface area contributed by atoms with E-state index in [9.17, 15) is 58.2 Å². The predicted molar refractivity (Wildman–Crippen MR) is 278 cm³/mol. The fourth-order valence-electron chi connectivity index (χ4n) is 7.78. The normalized spacial score (nSPS) is 24.9. The maximum Gasteiger partial charge on any atom is 0.327 e. The summed E-state index contributed by atoms with van der Waals surface area (Å²) in [6.45, 7) is 16.3. The highest BCUT2D eigenvalue weighted by Crippen LogP contribution is 2.20. The molecule has 1 heterocycles. The van der Waals surface area contributed by atoms with Crippen molar-refractivity contribution in [2.24, 2.45) is 40.1 Å². The number of ether oxygens (including phenoxy) is 1. The van der Waals surface area contributed by atoms with Gasteiger partial charge >= 0.3 is 17.9 Å². The zero-order valence-electron chi connectivity index (χ0n) is 44.5. The smallest absolute Gasteiger partial charge is 0.327 e. The van der Waals surface area contributed by atoms with Gasteiger partial charge in [-0.2, -0.15) is 0 Å². The molecule has 11 unspecified atom stereocenters.